The molecule has 1 atom stereocenters. The first-order chi connectivity index (χ1) is 11.7. The lowest BCUT2D eigenvalue weighted by Crippen LogP contribution is -2.32. The minimum Gasteiger partial charge on any atom is -0.326 e. The number of nitrogens with one attached hydrogen (secondary N) is 2. The van der Waals surface area contributed by atoms with Crippen molar-refractivity contribution in [1.82, 2.24) is 5.32 Å². The molecule has 3 nitrogen and oxygen atoms in total. The van der Waals surface area contributed by atoms with E-state index >= 15 is 0 Å². The van der Waals surface area contributed by atoms with E-state index < -0.39 is 0 Å². The summed E-state index contributed by atoms with van der Waals surface area (Å²) in [7, 11) is 0. The SMILES string of the molecule is CC(CC(=O)Nc1ccc2c3c(cccc13)CC2)C1CCNCC1.Cl. The third-order valence-electron chi connectivity index (χ3n) is 5.85. The summed E-state index contributed by atoms with van der Waals surface area (Å²) in [5, 5.41) is 9.14. The third-order valence-corrected chi connectivity index (χ3v) is 5.85. The Hall–Kier alpha value is -1.58. The molecule has 2 aliphatic rings. The summed E-state index contributed by atoms with van der Waals surface area (Å²) < 4.78 is 0. The molecule has 2 aromatic rings. The Morgan fingerprint density at radius 1 is 1.16 bits per heavy atom. The molecule has 1 unspecified atom stereocenters. The standard InChI is InChI=1S/C21H26N2O.ClH/c1-14(15-9-11-22-12-10-15)13-20(24)23-19-8-7-17-6-5-16-3-2-4-18(19)21(16)17;/h2-4,7-8,14-15,22H,5-6,9-13H2,1H3,(H,23,24);1H. The molecule has 25 heavy (non-hydrogen) atoms. The summed E-state index contributed by atoms with van der Waals surface area (Å²) in [6, 6.07) is 10.7. The molecule has 4 rings (SSSR count). The van der Waals surface area contributed by atoms with E-state index in [0.29, 0.717) is 18.3 Å². The fourth-order valence-electron chi connectivity index (χ4n) is 4.43. The highest BCUT2D eigenvalue weighted by molar-refractivity contribution is 6.05. The lowest BCUT2D eigenvalue weighted by atomic mass is 9.84. The number of piperidine rings is 1. The smallest absolute Gasteiger partial charge is 0.224 e. The predicted molar refractivity (Wildman–Crippen MR) is 107 cm³/mol. The van der Waals surface area contributed by atoms with Gasteiger partial charge in [-0.3, -0.25) is 4.79 Å². The van der Waals surface area contributed by atoms with E-state index in [-0.39, 0.29) is 18.3 Å². The molecule has 1 fully saturated rings. The number of carbonyl (C=O) groups is 1. The largest absolute Gasteiger partial charge is 0.326 e. The van der Waals surface area contributed by atoms with Gasteiger partial charge >= 0.3 is 0 Å². The summed E-state index contributed by atoms with van der Waals surface area (Å²) in [4.78, 5) is 12.6. The average Bonchev–Trinajstić information content (AvgIpc) is 3.03. The average molecular weight is 359 g/mol. The molecule has 0 bridgehead atoms. The Morgan fingerprint density at radius 3 is 2.64 bits per heavy atom. The van der Waals surface area contributed by atoms with Gasteiger partial charge in [0.2, 0.25) is 5.91 Å². The van der Waals surface area contributed by atoms with Gasteiger partial charge < -0.3 is 10.6 Å². The topological polar surface area (TPSA) is 41.1 Å². The second-order valence-electron chi connectivity index (χ2n) is 7.43. The molecule has 0 radical (unpaired) electrons. The van der Waals surface area contributed by atoms with Gasteiger partial charge in [0.25, 0.3) is 0 Å². The van der Waals surface area contributed by atoms with Crippen LogP contribution in [0.4, 0.5) is 5.69 Å². The zero-order chi connectivity index (χ0) is 16.5. The van der Waals surface area contributed by atoms with Crippen molar-refractivity contribution < 1.29 is 4.79 Å². The predicted octanol–water partition coefficient (Wildman–Crippen LogP) is 4.32. The Kier molecular flexibility index (Phi) is 5.65. The molecule has 1 aliphatic heterocycles. The summed E-state index contributed by atoms with van der Waals surface area (Å²) in [6.45, 7) is 4.40. The maximum atomic E-state index is 12.6. The first-order valence-electron chi connectivity index (χ1n) is 9.26. The number of halogens is 1. The van der Waals surface area contributed by atoms with Gasteiger partial charge in [0.15, 0.2) is 0 Å². The molecule has 4 heteroatoms. The second-order valence-corrected chi connectivity index (χ2v) is 7.43. The van der Waals surface area contributed by atoms with E-state index in [9.17, 15) is 4.79 Å². The van der Waals surface area contributed by atoms with Crippen LogP contribution in [0, 0.1) is 11.8 Å². The third kappa shape index (κ3) is 3.68. The van der Waals surface area contributed by atoms with Gasteiger partial charge in [0.05, 0.1) is 0 Å². The Balaban J connectivity index is 0.00000182. The van der Waals surface area contributed by atoms with Gasteiger partial charge in [-0.05, 0) is 73.2 Å². The number of amides is 1. The Bertz CT molecular complexity index is 758. The van der Waals surface area contributed by atoms with Crippen molar-refractivity contribution in [3.8, 4) is 0 Å². The summed E-state index contributed by atoms with van der Waals surface area (Å²) in [5.74, 6) is 1.27. The minimum atomic E-state index is 0. The van der Waals surface area contributed by atoms with E-state index in [1.165, 1.54) is 34.7 Å². The van der Waals surface area contributed by atoms with E-state index in [2.05, 4.69) is 47.9 Å². The van der Waals surface area contributed by atoms with Crippen LogP contribution in [0.15, 0.2) is 30.3 Å². The monoisotopic (exact) mass is 358 g/mol. The van der Waals surface area contributed by atoms with E-state index in [1.807, 2.05) is 0 Å². The van der Waals surface area contributed by atoms with Crippen molar-refractivity contribution in [2.24, 2.45) is 11.8 Å². The zero-order valence-electron chi connectivity index (χ0n) is 14.8. The van der Waals surface area contributed by atoms with Crippen molar-refractivity contribution in [1.29, 1.82) is 0 Å². The van der Waals surface area contributed by atoms with Gasteiger partial charge in [-0.2, -0.15) is 0 Å². The van der Waals surface area contributed by atoms with Gasteiger partial charge in [0.1, 0.15) is 0 Å². The number of hydrogen-bond donors (Lipinski definition) is 2. The molecule has 2 N–H and O–H groups in total. The molecule has 2 aromatic carbocycles. The van der Waals surface area contributed by atoms with E-state index in [1.54, 1.807) is 0 Å². The summed E-state index contributed by atoms with van der Waals surface area (Å²) in [6.07, 6.45) is 5.24. The maximum absolute atomic E-state index is 12.6. The molecule has 1 amide bonds. The highest BCUT2D eigenvalue weighted by Crippen LogP contribution is 2.35. The second kappa shape index (κ2) is 7.76. The van der Waals surface area contributed by atoms with Crippen molar-refractivity contribution in [3.05, 3.63) is 41.5 Å². The van der Waals surface area contributed by atoms with E-state index in [4.69, 9.17) is 0 Å². The molecule has 1 aliphatic carbocycles. The molecular weight excluding hydrogens is 332 g/mol. The lowest BCUT2D eigenvalue weighted by Gasteiger charge is -2.28. The van der Waals surface area contributed by atoms with Gasteiger partial charge in [-0.1, -0.05) is 31.2 Å². The van der Waals surface area contributed by atoms with Crippen LogP contribution in [0.2, 0.25) is 0 Å². The fourth-order valence-corrected chi connectivity index (χ4v) is 4.43. The van der Waals surface area contributed by atoms with Crippen LogP contribution in [0.1, 0.15) is 37.3 Å². The van der Waals surface area contributed by atoms with Gasteiger partial charge in [0, 0.05) is 17.5 Å². The highest BCUT2D eigenvalue weighted by atomic mass is 35.5. The van der Waals surface area contributed by atoms with Crippen LogP contribution >= 0.6 is 12.4 Å². The number of hydrogen-bond acceptors (Lipinski definition) is 2. The Labute approximate surface area is 156 Å². The van der Waals surface area contributed by atoms with Crippen molar-refractivity contribution >= 4 is 34.8 Å². The van der Waals surface area contributed by atoms with Crippen LogP contribution in [0.5, 0.6) is 0 Å². The van der Waals surface area contributed by atoms with Crippen LogP contribution in [-0.2, 0) is 17.6 Å². The van der Waals surface area contributed by atoms with Crippen LogP contribution < -0.4 is 10.6 Å². The number of rotatable bonds is 4. The highest BCUT2D eigenvalue weighted by Gasteiger charge is 2.23. The van der Waals surface area contributed by atoms with E-state index in [0.717, 1.165) is 31.6 Å². The fraction of sp³-hybridized carbons (Fsp3) is 0.476. The van der Waals surface area contributed by atoms with Crippen LogP contribution in [-0.4, -0.2) is 19.0 Å². The molecular formula is C21H27ClN2O. The Morgan fingerprint density at radius 2 is 1.88 bits per heavy atom. The summed E-state index contributed by atoms with van der Waals surface area (Å²) >= 11 is 0. The number of anilines is 1. The lowest BCUT2D eigenvalue weighted by molar-refractivity contribution is -0.117. The molecule has 0 aromatic heterocycles. The molecule has 0 spiro atoms. The quantitative estimate of drug-likeness (QED) is 0.854. The summed E-state index contributed by atoms with van der Waals surface area (Å²) in [5.41, 5.74) is 3.81. The van der Waals surface area contributed by atoms with Gasteiger partial charge in [-0.15, -0.1) is 12.4 Å². The van der Waals surface area contributed by atoms with Crippen LogP contribution in [0.25, 0.3) is 10.8 Å². The van der Waals surface area contributed by atoms with Gasteiger partial charge in [-0.25, -0.2) is 0 Å². The van der Waals surface area contributed by atoms with Crippen LogP contribution in [0.3, 0.4) is 0 Å². The molecule has 1 saturated heterocycles. The first kappa shape index (κ1) is 18.2. The van der Waals surface area contributed by atoms with Crippen molar-refractivity contribution in [3.63, 3.8) is 0 Å². The molecule has 134 valence electrons. The number of carbonyl (C=O) groups excluding carboxylic acids is 1. The normalized spacial score (nSPS) is 18.0. The maximum Gasteiger partial charge on any atom is 0.224 e. The minimum absolute atomic E-state index is 0. The molecule has 0 saturated carbocycles. The zero-order valence-corrected chi connectivity index (χ0v) is 15.6. The van der Waals surface area contributed by atoms with Crippen molar-refractivity contribution in [2.45, 2.75) is 39.0 Å². The number of aryl methyl sites for hydroxylation is 2. The first-order valence-corrected chi connectivity index (χ1v) is 9.26. The van der Waals surface area contributed by atoms with Crippen molar-refractivity contribution in [2.75, 3.05) is 18.4 Å². The number of benzene rings is 2. The molecule has 1 heterocycles.